The van der Waals surface area contributed by atoms with Gasteiger partial charge in [0.1, 0.15) is 6.54 Å². The second-order valence-electron chi connectivity index (χ2n) is 7.25. The Morgan fingerprint density at radius 2 is 1.87 bits per heavy atom. The summed E-state index contributed by atoms with van der Waals surface area (Å²) in [6.07, 6.45) is 3.28. The van der Waals surface area contributed by atoms with Crippen LogP contribution in [-0.2, 0) is 20.8 Å². The molecule has 0 bridgehead atoms. The molecule has 0 aliphatic carbocycles. The van der Waals surface area contributed by atoms with Crippen molar-refractivity contribution in [1.82, 2.24) is 5.32 Å². The Labute approximate surface area is 183 Å². The van der Waals surface area contributed by atoms with Crippen LogP contribution < -0.4 is 10.2 Å². The first-order chi connectivity index (χ1) is 15.0. The maximum absolute atomic E-state index is 13.0. The minimum Gasteiger partial charge on any atom is -0.480 e. The molecular weight excluding hydrogens is 414 g/mol. The van der Waals surface area contributed by atoms with Gasteiger partial charge in [-0.1, -0.05) is 43.7 Å². The molecular formula is C23H21N3O4S. The number of nitrogens with zero attached hydrogens (tertiary/aromatic N) is 2. The van der Waals surface area contributed by atoms with Crippen LogP contribution in [0, 0.1) is 0 Å². The van der Waals surface area contributed by atoms with Gasteiger partial charge in [-0.2, -0.15) is 0 Å². The first-order valence-electron chi connectivity index (χ1n) is 10.0. The number of amides is 2. The number of aryl methyl sites for hydroxylation is 1. The maximum atomic E-state index is 13.0. The number of carbonyl (C=O) groups is 3. The number of aliphatic carboxylic acids is 1. The zero-order valence-corrected chi connectivity index (χ0v) is 17.7. The van der Waals surface area contributed by atoms with Crippen molar-refractivity contribution in [2.45, 2.75) is 26.2 Å². The molecule has 0 radical (unpaired) electrons. The quantitative estimate of drug-likeness (QED) is 0.674. The van der Waals surface area contributed by atoms with E-state index in [1.807, 2.05) is 24.3 Å². The normalized spacial score (nSPS) is 19.1. The lowest BCUT2D eigenvalue weighted by molar-refractivity contribution is -0.136. The molecule has 1 fully saturated rings. The number of rotatable bonds is 6. The van der Waals surface area contributed by atoms with Gasteiger partial charge in [-0.05, 0) is 48.4 Å². The van der Waals surface area contributed by atoms with Crippen molar-refractivity contribution < 1.29 is 19.5 Å². The molecule has 0 atom stereocenters. The average molecular weight is 436 g/mol. The number of hydrogen-bond acceptors (Lipinski definition) is 5. The van der Waals surface area contributed by atoms with Gasteiger partial charge in [0.15, 0.2) is 5.17 Å². The topological polar surface area (TPSA) is 99.1 Å². The number of anilines is 1. The van der Waals surface area contributed by atoms with Gasteiger partial charge in [0, 0.05) is 5.56 Å². The molecule has 0 spiro atoms. The molecule has 2 aliphatic heterocycles. The average Bonchev–Trinajstić information content (AvgIpc) is 3.24. The predicted molar refractivity (Wildman–Crippen MR) is 121 cm³/mol. The van der Waals surface area contributed by atoms with Crippen LogP contribution in [0.5, 0.6) is 0 Å². The van der Waals surface area contributed by atoms with Crippen molar-refractivity contribution in [3.63, 3.8) is 0 Å². The van der Waals surface area contributed by atoms with E-state index in [0.717, 1.165) is 31.0 Å². The predicted octanol–water partition coefficient (Wildman–Crippen LogP) is 3.72. The van der Waals surface area contributed by atoms with Gasteiger partial charge in [-0.15, -0.1) is 0 Å². The van der Waals surface area contributed by atoms with Crippen LogP contribution in [0.15, 0.2) is 58.4 Å². The Balaban J connectivity index is 1.63. The van der Waals surface area contributed by atoms with Crippen LogP contribution in [-0.4, -0.2) is 34.6 Å². The molecule has 158 valence electrons. The number of amidine groups is 1. The SMILES string of the molecule is CCCCc1ccc(N=C2NC(=O)C(=C3C(=O)N(CC(=O)O)c4ccccc43)S2)cc1. The summed E-state index contributed by atoms with van der Waals surface area (Å²) >= 11 is 1.09. The van der Waals surface area contributed by atoms with Crippen LogP contribution in [0.4, 0.5) is 11.4 Å². The van der Waals surface area contributed by atoms with Crippen molar-refractivity contribution in [2.75, 3.05) is 11.4 Å². The molecule has 0 aromatic heterocycles. The van der Waals surface area contributed by atoms with Crippen LogP contribution in [0.2, 0.25) is 0 Å². The van der Waals surface area contributed by atoms with Crippen LogP contribution in [0.1, 0.15) is 30.9 Å². The number of thioether (sulfide) groups is 1. The second kappa shape index (κ2) is 8.77. The Hall–Kier alpha value is -3.39. The number of hydrogen-bond donors (Lipinski definition) is 2. The summed E-state index contributed by atoms with van der Waals surface area (Å²) in [4.78, 5) is 42.8. The van der Waals surface area contributed by atoms with E-state index in [1.165, 1.54) is 10.5 Å². The molecule has 2 N–H and O–H groups in total. The van der Waals surface area contributed by atoms with Gasteiger partial charge in [0.05, 0.1) is 21.9 Å². The number of carboxylic acids is 1. The maximum Gasteiger partial charge on any atom is 0.323 e. The summed E-state index contributed by atoms with van der Waals surface area (Å²) in [6.45, 7) is 1.69. The van der Waals surface area contributed by atoms with E-state index in [1.54, 1.807) is 24.3 Å². The molecule has 2 aromatic carbocycles. The van der Waals surface area contributed by atoms with E-state index >= 15 is 0 Å². The molecule has 7 nitrogen and oxygen atoms in total. The van der Waals surface area contributed by atoms with Crippen LogP contribution >= 0.6 is 11.8 Å². The molecule has 8 heteroatoms. The van der Waals surface area contributed by atoms with E-state index in [4.69, 9.17) is 0 Å². The highest BCUT2D eigenvalue weighted by molar-refractivity contribution is 8.18. The van der Waals surface area contributed by atoms with Crippen molar-refractivity contribution in [2.24, 2.45) is 4.99 Å². The summed E-state index contributed by atoms with van der Waals surface area (Å²) in [5, 5.41) is 12.3. The van der Waals surface area contributed by atoms with Gasteiger partial charge >= 0.3 is 5.97 Å². The van der Waals surface area contributed by atoms with Crippen LogP contribution in [0.3, 0.4) is 0 Å². The Morgan fingerprint density at radius 1 is 1.13 bits per heavy atom. The third-order valence-corrected chi connectivity index (χ3v) is 6.04. The lowest BCUT2D eigenvalue weighted by Crippen LogP contribution is -2.32. The van der Waals surface area contributed by atoms with E-state index in [2.05, 4.69) is 17.2 Å². The van der Waals surface area contributed by atoms with Gasteiger partial charge in [0.25, 0.3) is 11.8 Å². The monoisotopic (exact) mass is 435 g/mol. The number of benzene rings is 2. The van der Waals surface area contributed by atoms with Crippen molar-refractivity contribution in [3.05, 3.63) is 64.6 Å². The van der Waals surface area contributed by atoms with Crippen molar-refractivity contribution in [3.8, 4) is 0 Å². The molecule has 0 saturated carbocycles. The highest BCUT2D eigenvalue weighted by atomic mass is 32.2. The third-order valence-electron chi connectivity index (χ3n) is 5.06. The zero-order valence-electron chi connectivity index (χ0n) is 16.9. The fraction of sp³-hybridized carbons (Fsp3) is 0.217. The minimum atomic E-state index is -1.12. The zero-order chi connectivity index (χ0) is 22.0. The minimum absolute atomic E-state index is 0.208. The van der Waals surface area contributed by atoms with E-state index in [-0.39, 0.29) is 10.5 Å². The van der Waals surface area contributed by atoms with Crippen molar-refractivity contribution >= 4 is 51.7 Å². The first kappa shape index (κ1) is 20.9. The van der Waals surface area contributed by atoms with E-state index in [9.17, 15) is 19.5 Å². The van der Waals surface area contributed by atoms with Crippen molar-refractivity contribution in [1.29, 1.82) is 0 Å². The molecule has 0 unspecified atom stereocenters. The number of para-hydroxylation sites is 1. The Bertz CT molecular complexity index is 1120. The molecule has 1 saturated heterocycles. The van der Waals surface area contributed by atoms with E-state index < -0.39 is 24.3 Å². The van der Waals surface area contributed by atoms with Gasteiger partial charge in [-0.3, -0.25) is 19.3 Å². The summed E-state index contributed by atoms with van der Waals surface area (Å²) in [7, 11) is 0. The smallest absolute Gasteiger partial charge is 0.323 e. The summed E-state index contributed by atoms with van der Waals surface area (Å²) in [5.41, 5.74) is 3.19. The number of nitrogens with one attached hydrogen (secondary N) is 1. The highest BCUT2D eigenvalue weighted by Crippen LogP contribution is 2.42. The standard InChI is InChI=1S/C23H21N3O4S/c1-2-3-6-14-9-11-15(12-10-14)24-23-25-21(29)20(31-23)19-16-7-4-5-8-17(16)26(22(19)30)13-18(27)28/h4-5,7-12H,2-3,6,13H2,1H3,(H,27,28)(H,24,25,29). The van der Waals surface area contributed by atoms with Gasteiger partial charge < -0.3 is 10.4 Å². The molecule has 2 aliphatic rings. The second-order valence-corrected chi connectivity index (χ2v) is 8.25. The summed E-state index contributed by atoms with van der Waals surface area (Å²) in [5.74, 6) is -2.04. The lowest BCUT2D eigenvalue weighted by Gasteiger charge is -2.13. The summed E-state index contributed by atoms with van der Waals surface area (Å²) < 4.78 is 0. The highest BCUT2D eigenvalue weighted by Gasteiger charge is 2.39. The molecule has 2 aromatic rings. The summed E-state index contributed by atoms with van der Waals surface area (Å²) in [6, 6.07) is 14.7. The van der Waals surface area contributed by atoms with Gasteiger partial charge in [0.2, 0.25) is 0 Å². The molecule has 2 heterocycles. The lowest BCUT2D eigenvalue weighted by atomic mass is 10.1. The number of aliphatic imine (C=N–C) groups is 1. The number of carbonyl (C=O) groups excluding carboxylic acids is 2. The molecule has 31 heavy (non-hydrogen) atoms. The fourth-order valence-electron chi connectivity index (χ4n) is 3.56. The number of unbranched alkanes of at least 4 members (excludes halogenated alkanes) is 1. The largest absolute Gasteiger partial charge is 0.480 e. The Morgan fingerprint density at radius 3 is 2.58 bits per heavy atom. The van der Waals surface area contributed by atoms with Gasteiger partial charge in [-0.25, -0.2) is 4.99 Å². The number of fused-ring (bicyclic) bond motifs is 1. The fourth-order valence-corrected chi connectivity index (χ4v) is 4.50. The first-order valence-corrected chi connectivity index (χ1v) is 10.8. The Kier molecular flexibility index (Phi) is 5.90. The van der Waals surface area contributed by atoms with Crippen LogP contribution in [0.25, 0.3) is 5.57 Å². The molecule has 4 rings (SSSR count). The molecule has 2 amide bonds. The third kappa shape index (κ3) is 4.25. The number of carboxylic acid groups (broad SMARTS) is 1. The van der Waals surface area contributed by atoms with E-state index in [0.29, 0.717) is 22.1 Å².